The van der Waals surface area contributed by atoms with E-state index in [1.807, 2.05) is 0 Å². The Morgan fingerprint density at radius 2 is 2.11 bits per heavy atom. The zero-order chi connectivity index (χ0) is 13.3. The number of ether oxygens (including phenoxy) is 2. The first-order valence-electron chi connectivity index (χ1n) is 6.97. The van der Waals surface area contributed by atoms with Crippen molar-refractivity contribution in [2.75, 3.05) is 40.0 Å². The summed E-state index contributed by atoms with van der Waals surface area (Å²) in [4.78, 5) is 4.41. The molecule has 1 N–H and O–H groups in total. The van der Waals surface area contributed by atoms with Gasteiger partial charge >= 0.3 is 0 Å². The predicted molar refractivity (Wildman–Crippen MR) is 70.0 cm³/mol. The normalized spacial score (nSPS) is 16.9. The second-order valence-corrected chi connectivity index (χ2v) is 4.86. The van der Waals surface area contributed by atoms with Gasteiger partial charge in [-0.25, -0.2) is 0 Å². The van der Waals surface area contributed by atoms with Crippen LogP contribution in [-0.2, 0) is 22.3 Å². The zero-order valence-corrected chi connectivity index (χ0v) is 11.6. The first-order valence-corrected chi connectivity index (χ1v) is 6.97. The van der Waals surface area contributed by atoms with E-state index in [0.717, 1.165) is 31.2 Å². The molecule has 1 saturated heterocycles. The van der Waals surface area contributed by atoms with Gasteiger partial charge in [0.25, 0.3) is 0 Å². The van der Waals surface area contributed by atoms with E-state index in [4.69, 9.17) is 14.0 Å². The number of hydrogen-bond donors (Lipinski definition) is 1. The van der Waals surface area contributed by atoms with Gasteiger partial charge in [0.05, 0.1) is 19.8 Å². The van der Waals surface area contributed by atoms with Crippen molar-refractivity contribution >= 4 is 0 Å². The van der Waals surface area contributed by atoms with Gasteiger partial charge in [0.15, 0.2) is 5.82 Å². The summed E-state index contributed by atoms with van der Waals surface area (Å²) >= 11 is 0. The molecule has 2 rings (SSSR count). The minimum absolute atomic E-state index is 0.607. The molecule has 0 radical (unpaired) electrons. The fraction of sp³-hybridized carbons (Fsp3) is 0.846. The van der Waals surface area contributed by atoms with Crippen LogP contribution in [0.15, 0.2) is 4.52 Å². The quantitative estimate of drug-likeness (QED) is 0.705. The Labute approximate surface area is 113 Å². The lowest BCUT2D eigenvalue weighted by Gasteiger charge is -2.20. The van der Waals surface area contributed by atoms with Gasteiger partial charge < -0.3 is 19.3 Å². The van der Waals surface area contributed by atoms with E-state index in [0.29, 0.717) is 32.2 Å². The summed E-state index contributed by atoms with van der Waals surface area (Å²) in [6.07, 6.45) is 3.98. The minimum Gasteiger partial charge on any atom is -0.382 e. The third-order valence-corrected chi connectivity index (χ3v) is 3.33. The van der Waals surface area contributed by atoms with Crippen LogP contribution < -0.4 is 5.32 Å². The van der Waals surface area contributed by atoms with Crippen molar-refractivity contribution in [2.45, 2.75) is 25.7 Å². The van der Waals surface area contributed by atoms with Crippen LogP contribution in [0, 0.1) is 5.92 Å². The number of aromatic nitrogens is 2. The zero-order valence-electron chi connectivity index (χ0n) is 11.6. The predicted octanol–water partition coefficient (Wildman–Crippen LogP) is 0.817. The van der Waals surface area contributed by atoms with Gasteiger partial charge in [-0.1, -0.05) is 5.16 Å². The molecule has 108 valence electrons. The smallest absolute Gasteiger partial charge is 0.226 e. The molecule has 1 aliphatic rings. The molecule has 1 aromatic rings. The molecule has 6 heteroatoms. The summed E-state index contributed by atoms with van der Waals surface area (Å²) in [6, 6.07) is 0. The Morgan fingerprint density at radius 1 is 1.26 bits per heavy atom. The molecule has 0 bridgehead atoms. The van der Waals surface area contributed by atoms with Crippen LogP contribution in [0.25, 0.3) is 0 Å². The molecule has 0 spiro atoms. The van der Waals surface area contributed by atoms with Crippen LogP contribution in [0.3, 0.4) is 0 Å². The highest BCUT2D eigenvalue weighted by Crippen LogP contribution is 2.16. The van der Waals surface area contributed by atoms with Gasteiger partial charge in [-0.3, -0.25) is 0 Å². The molecular weight excluding hydrogens is 246 g/mol. The molecule has 1 fully saturated rings. The average Bonchev–Trinajstić information content (AvgIpc) is 2.87. The first kappa shape index (κ1) is 14.4. The van der Waals surface area contributed by atoms with E-state index in [-0.39, 0.29) is 0 Å². The van der Waals surface area contributed by atoms with Crippen LogP contribution in [0.1, 0.15) is 24.6 Å². The van der Waals surface area contributed by atoms with Gasteiger partial charge in [-0.15, -0.1) is 0 Å². The Morgan fingerprint density at radius 3 is 2.89 bits per heavy atom. The van der Waals surface area contributed by atoms with Crippen molar-refractivity contribution in [2.24, 2.45) is 5.92 Å². The van der Waals surface area contributed by atoms with Gasteiger partial charge in [-0.05, 0) is 31.8 Å². The summed E-state index contributed by atoms with van der Waals surface area (Å²) in [7, 11) is 1.66. The standard InChI is InChI=1S/C13H23N3O3/c1-17-8-9-18-7-4-12-15-13(19-16-12)10-11-2-5-14-6-3-11/h11,14H,2-10H2,1H3. The third kappa shape index (κ3) is 5.26. The second-order valence-electron chi connectivity index (χ2n) is 4.86. The van der Waals surface area contributed by atoms with Crippen LogP contribution in [0.2, 0.25) is 0 Å². The molecule has 0 saturated carbocycles. The maximum atomic E-state index is 5.38. The van der Waals surface area contributed by atoms with Gasteiger partial charge in [0.1, 0.15) is 0 Å². The Bertz CT molecular complexity index is 351. The second kappa shape index (κ2) is 8.24. The maximum Gasteiger partial charge on any atom is 0.226 e. The van der Waals surface area contributed by atoms with Gasteiger partial charge in [0.2, 0.25) is 5.89 Å². The lowest BCUT2D eigenvalue weighted by molar-refractivity contribution is 0.0714. The number of piperidine rings is 1. The SMILES string of the molecule is COCCOCCc1noc(CC2CCNCC2)n1. The Hall–Kier alpha value is -0.980. The van der Waals surface area contributed by atoms with Crippen molar-refractivity contribution in [3.8, 4) is 0 Å². The lowest BCUT2D eigenvalue weighted by Crippen LogP contribution is -2.28. The average molecular weight is 269 g/mol. The van der Waals surface area contributed by atoms with Crippen molar-refractivity contribution in [3.63, 3.8) is 0 Å². The number of rotatable bonds is 8. The van der Waals surface area contributed by atoms with Crippen LogP contribution >= 0.6 is 0 Å². The number of methoxy groups -OCH3 is 1. The Kier molecular flexibility index (Phi) is 6.26. The highest BCUT2D eigenvalue weighted by molar-refractivity contribution is 4.89. The van der Waals surface area contributed by atoms with E-state index in [1.54, 1.807) is 7.11 Å². The van der Waals surface area contributed by atoms with Crippen LogP contribution in [-0.4, -0.2) is 50.2 Å². The first-order chi connectivity index (χ1) is 9.38. The molecular formula is C13H23N3O3. The summed E-state index contributed by atoms with van der Waals surface area (Å²) in [5, 5.41) is 7.34. The van der Waals surface area contributed by atoms with Gasteiger partial charge in [-0.2, -0.15) is 4.98 Å². The minimum atomic E-state index is 0.607. The maximum absolute atomic E-state index is 5.38. The van der Waals surface area contributed by atoms with Crippen LogP contribution in [0.5, 0.6) is 0 Å². The molecule has 0 aromatic carbocycles. The van der Waals surface area contributed by atoms with E-state index >= 15 is 0 Å². The molecule has 1 aliphatic heterocycles. The molecule has 0 atom stereocenters. The fourth-order valence-electron chi connectivity index (χ4n) is 2.22. The summed E-state index contributed by atoms with van der Waals surface area (Å²) in [5.74, 6) is 2.17. The number of nitrogens with one attached hydrogen (secondary N) is 1. The summed E-state index contributed by atoms with van der Waals surface area (Å²) < 4.78 is 15.6. The highest BCUT2D eigenvalue weighted by atomic mass is 16.5. The summed E-state index contributed by atoms with van der Waals surface area (Å²) in [6.45, 7) is 4.02. The topological polar surface area (TPSA) is 69.4 Å². The lowest BCUT2D eigenvalue weighted by atomic mass is 9.95. The van der Waals surface area contributed by atoms with E-state index in [2.05, 4.69) is 15.5 Å². The van der Waals surface area contributed by atoms with E-state index in [1.165, 1.54) is 12.8 Å². The largest absolute Gasteiger partial charge is 0.382 e. The molecule has 0 aliphatic carbocycles. The van der Waals surface area contributed by atoms with Gasteiger partial charge in [0, 0.05) is 20.0 Å². The van der Waals surface area contributed by atoms with Crippen molar-refractivity contribution in [1.29, 1.82) is 0 Å². The van der Waals surface area contributed by atoms with Crippen molar-refractivity contribution in [3.05, 3.63) is 11.7 Å². The molecule has 6 nitrogen and oxygen atoms in total. The van der Waals surface area contributed by atoms with Crippen LogP contribution in [0.4, 0.5) is 0 Å². The molecule has 1 aromatic heterocycles. The fourth-order valence-corrected chi connectivity index (χ4v) is 2.22. The van der Waals surface area contributed by atoms with E-state index in [9.17, 15) is 0 Å². The molecule has 19 heavy (non-hydrogen) atoms. The monoisotopic (exact) mass is 269 g/mol. The molecule has 0 amide bonds. The third-order valence-electron chi connectivity index (χ3n) is 3.33. The Balaban J connectivity index is 1.66. The summed E-state index contributed by atoms with van der Waals surface area (Å²) in [5.41, 5.74) is 0. The molecule has 2 heterocycles. The number of nitrogens with zero attached hydrogens (tertiary/aromatic N) is 2. The molecule has 0 unspecified atom stereocenters. The highest BCUT2D eigenvalue weighted by Gasteiger charge is 2.17. The number of hydrogen-bond acceptors (Lipinski definition) is 6. The van der Waals surface area contributed by atoms with Crippen molar-refractivity contribution in [1.82, 2.24) is 15.5 Å². The van der Waals surface area contributed by atoms with E-state index < -0.39 is 0 Å². The van der Waals surface area contributed by atoms with Crippen molar-refractivity contribution < 1.29 is 14.0 Å².